The van der Waals surface area contributed by atoms with E-state index in [0.717, 1.165) is 23.7 Å². The summed E-state index contributed by atoms with van der Waals surface area (Å²) < 4.78 is 3.12. The summed E-state index contributed by atoms with van der Waals surface area (Å²) >= 11 is 1.68. The zero-order valence-electron chi connectivity index (χ0n) is 9.21. The van der Waals surface area contributed by atoms with Gasteiger partial charge < -0.3 is 5.32 Å². The summed E-state index contributed by atoms with van der Waals surface area (Å²) in [5.41, 5.74) is 1.05. The molecule has 17 heavy (non-hydrogen) atoms. The van der Waals surface area contributed by atoms with Crippen molar-refractivity contribution in [1.29, 1.82) is 0 Å². The molecule has 86 valence electrons. The summed E-state index contributed by atoms with van der Waals surface area (Å²) in [4.78, 5) is 4.51. The molecule has 5 heteroatoms. The Labute approximate surface area is 103 Å². The molecule has 2 aromatic heterocycles. The maximum Gasteiger partial charge on any atom is 0.183 e. The summed E-state index contributed by atoms with van der Waals surface area (Å²) in [5.74, 6) is 0. The maximum absolute atomic E-state index is 4.51. The molecule has 3 rings (SSSR count). The second-order valence-corrected chi connectivity index (χ2v) is 4.71. The van der Waals surface area contributed by atoms with E-state index in [1.54, 1.807) is 17.5 Å². The van der Waals surface area contributed by atoms with E-state index < -0.39 is 0 Å². The molecule has 2 heterocycles. The van der Waals surface area contributed by atoms with Crippen LogP contribution in [0.5, 0.6) is 0 Å². The van der Waals surface area contributed by atoms with E-state index in [9.17, 15) is 0 Å². The number of nitrogens with one attached hydrogen (secondary N) is 1. The Morgan fingerprint density at radius 2 is 2.18 bits per heavy atom. The van der Waals surface area contributed by atoms with Crippen molar-refractivity contribution in [3.8, 4) is 0 Å². The number of aromatic nitrogens is 3. The SMILES string of the molecule is c1ccc2sc(NCCn3cccn3)nc2c1. The number of anilines is 1. The summed E-state index contributed by atoms with van der Waals surface area (Å²) in [7, 11) is 0. The van der Waals surface area contributed by atoms with Crippen molar-refractivity contribution in [3.05, 3.63) is 42.7 Å². The average Bonchev–Trinajstić information content (AvgIpc) is 2.96. The Bertz CT molecular complexity index is 567. The van der Waals surface area contributed by atoms with Gasteiger partial charge in [0.25, 0.3) is 0 Å². The molecule has 1 N–H and O–H groups in total. The van der Waals surface area contributed by atoms with Crippen molar-refractivity contribution in [2.75, 3.05) is 11.9 Å². The molecule has 0 bridgehead atoms. The highest BCUT2D eigenvalue weighted by molar-refractivity contribution is 7.22. The molecular weight excluding hydrogens is 232 g/mol. The molecule has 0 radical (unpaired) electrons. The van der Waals surface area contributed by atoms with Crippen LogP contribution >= 0.6 is 11.3 Å². The van der Waals surface area contributed by atoms with Crippen LogP contribution in [0, 0.1) is 0 Å². The summed E-state index contributed by atoms with van der Waals surface area (Å²) in [6, 6.07) is 10.1. The van der Waals surface area contributed by atoms with Gasteiger partial charge in [0.05, 0.1) is 16.8 Å². The second kappa shape index (κ2) is 4.55. The largest absolute Gasteiger partial charge is 0.360 e. The van der Waals surface area contributed by atoms with Crippen LogP contribution in [0.1, 0.15) is 0 Å². The molecule has 0 aliphatic rings. The van der Waals surface area contributed by atoms with Gasteiger partial charge >= 0.3 is 0 Å². The van der Waals surface area contributed by atoms with Gasteiger partial charge in [-0.3, -0.25) is 4.68 Å². The third-order valence-electron chi connectivity index (χ3n) is 2.47. The molecule has 0 fully saturated rings. The Balaban J connectivity index is 1.65. The number of hydrogen-bond acceptors (Lipinski definition) is 4. The van der Waals surface area contributed by atoms with Crippen molar-refractivity contribution in [2.24, 2.45) is 0 Å². The minimum Gasteiger partial charge on any atom is -0.360 e. The minimum atomic E-state index is 0.835. The molecule has 3 aromatic rings. The molecular formula is C12H12N4S. The second-order valence-electron chi connectivity index (χ2n) is 3.68. The monoisotopic (exact) mass is 244 g/mol. The molecule has 0 amide bonds. The Morgan fingerprint density at radius 1 is 1.24 bits per heavy atom. The standard InChI is InChI=1S/C12H12N4S/c1-2-5-11-10(4-1)15-12(17-11)13-7-9-16-8-3-6-14-16/h1-6,8H,7,9H2,(H,13,15). The van der Waals surface area contributed by atoms with Gasteiger partial charge in [-0.05, 0) is 18.2 Å². The molecule has 0 aliphatic heterocycles. The van der Waals surface area contributed by atoms with Crippen molar-refractivity contribution in [1.82, 2.24) is 14.8 Å². The lowest BCUT2D eigenvalue weighted by Crippen LogP contribution is -2.10. The van der Waals surface area contributed by atoms with E-state index in [2.05, 4.69) is 21.5 Å². The highest BCUT2D eigenvalue weighted by atomic mass is 32.1. The van der Waals surface area contributed by atoms with Crippen LogP contribution in [0.4, 0.5) is 5.13 Å². The van der Waals surface area contributed by atoms with Crippen LogP contribution in [0.15, 0.2) is 42.7 Å². The van der Waals surface area contributed by atoms with Crippen molar-refractivity contribution in [2.45, 2.75) is 6.54 Å². The number of rotatable bonds is 4. The normalized spacial score (nSPS) is 10.8. The molecule has 0 atom stereocenters. The summed E-state index contributed by atoms with van der Waals surface area (Å²) in [6.07, 6.45) is 3.75. The van der Waals surface area contributed by atoms with Gasteiger partial charge in [0.15, 0.2) is 5.13 Å². The van der Waals surface area contributed by atoms with E-state index in [1.807, 2.05) is 35.1 Å². The number of thiazole rings is 1. The van der Waals surface area contributed by atoms with E-state index in [4.69, 9.17) is 0 Å². The van der Waals surface area contributed by atoms with E-state index in [-0.39, 0.29) is 0 Å². The Hall–Kier alpha value is -1.88. The lowest BCUT2D eigenvalue weighted by molar-refractivity contribution is 0.638. The first-order chi connectivity index (χ1) is 8.42. The fourth-order valence-corrected chi connectivity index (χ4v) is 2.55. The number of para-hydroxylation sites is 1. The third-order valence-corrected chi connectivity index (χ3v) is 3.46. The van der Waals surface area contributed by atoms with Crippen molar-refractivity contribution in [3.63, 3.8) is 0 Å². The first-order valence-electron chi connectivity index (χ1n) is 5.49. The molecule has 0 saturated carbocycles. The van der Waals surface area contributed by atoms with Crippen LogP contribution in [-0.2, 0) is 6.54 Å². The number of benzene rings is 1. The van der Waals surface area contributed by atoms with Gasteiger partial charge in [-0.15, -0.1) is 0 Å². The molecule has 1 aromatic carbocycles. The lowest BCUT2D eigenvalue weighted by Gasteiger charge is -2.02. The zero-order valence-corrected chi connectivity index (χ0v) is 10.0. The first kappa shape index (κ1) is 10.3. The van der Waals surface area contributed by atoms with Gasteiger partial charge in [-0.25, -0.2) is 4.98 Å². The third kappa shape index (κ3) is 2.29. The minimum absolute atomic E-state index is 0.835. The highest BCUT2D eigenvalue weighted by Crippen LogP contribution is 2.24. The average molecular weight is 244 g/mol. The summed E-state index contributed by atoms with van der Waals surface area (Å²) in [6.45, 7) is 1.68. The quantitative estimate of drug-likeness (QED) is 0.767. The fourth-order valence-electron chi connectivity index (χ4n) is 1.66. The molecule has 4 nitrogen and oxygen atoms in total. The highest BCUT2D eigenvalue weighted by Gasteiger charge is 2.01. The predicted octanol–water partition coefficient (Wildman–Crippen LogP) is 2.60. The van der Waals surface area contributed by atoms with Gasteiger partial charge in [0, 0.05) is 18.9 Å². The van der Waals surface area contributed by atoms with Crippen LogP contribution in [0.25, 0.3) is 10.2 Å². The van der Waals surface area contributed by atoms with Crippen LogP contribution in [0.2, 0.25) is 0 Å². The Kier molecular flexibility index (Phi) is 2.75. The number of hydrogen-bond donors (Lipinski definition) is 1. The van der Waals surface area contributed by atoms with Gasteiger partial charge in [0.2, 0.25) is 0 Å². The Morgan fingerprint density at radius 3 is 3.00 bits per heavy atom. The van der Waals surface area contributed by atoms with Crippen molar-refractivity contribution < 1.29 is 0 Å². The van der Waals surface area contributed by atoms with E-state index >= 15 is 0 Å². The fraction of sp³-hybridized carbons (Fsp3) is 0.167. The van der Waals surface area contributed by atoms with Crippen molar-refractivity contribution >= 4 is 26.7 Å². The molecule has 0 unspecified atom stereocenters. The molecule has 0 aliphatic carbocycles. The van der Waals surface area contributed by atoms with Gasteiger partial charge in [0.1, 0.15) is 0 Å². The maximum atomic E-state index is 4.51. The lowest BCUT2D eigenvalue weighted by atomic mass is 10.3. The molecule has 0 spiro atoms. The predicted molar refractivity (Wildman–Crippen MR) is 70.3 cm³/mol. The topological polar surface area (TPSA) is 42.7 Å². The van der Waals surface area contributed by atoms with Gasteiger partial charge in [-0.2, -0.15) is 5.10 Å². The van der Waals surface area contributed by atoms with Gasteiger partial charge in [-0.1, -0.05) is 23.5 Å². The van der Waals surface area contributed by atoms with Crippen LogP contribution in [-0.4, -0.2) is 21.3 Å². The zero-order chi connectivity index (χ0) is 11.5. The smallest absolute Gasteiger partial charge is 0.183 e. The first-order valence-corrected chi connectivity index (χ1v) is 6.30. The van der Waals surface area contributed by atoms with Crippen LogP contribution in [0.3, 0.4) is 0 Å². The number of nitrogens with zero attached hydrogens (tertiary/aromatic N) is 3. The van der Waals surface area contributed by atoms with E-state index in [0.29, 0.717) is 0 Å². The van der Waals surface area contributed by atoms with Crippen LogP contribution < -0.4 is 5.32 Å². The number of fused-ring (bicyclic) bond motifs is 1. The van der Waals surface area contributed by atoms with E-state index in [1.165, 1.54) is 4.70 Å². The molecule has 0 saturated heterocycles. The summed E-state index contributed by atoms with van der Waals surface area (Å²) in [5, 5.41) is 8.44.